The molecule has 4 heterocycles. The van der Waals surface area contributed by atoms with Crippen molar-refractivity contribution in [2.75, 3.05) is 0 Å². The van der Waals surface area contributed by atoms with Crippen LogP contribution in [0.5, 0.6) is 0 Å². The molecule has 0 radical (unpaired) electrons. The molecular weight excluding hydrogens is 355 g/mol. The molecule has 7 heteroatoms. The summed E-state index contributed by atoms with van der Waals surface area (Å²) in [4.78, 5) is 29.9. The van der Waals surface area contributed by atoms with E-state index in [-0.39, 0.29) is 48.1 Å². The van der Waals surface area contributed by atoms with Crippen LogP contribution in [0.15, 0.2) is 41.2 Å². The molecule has 0 fully saturated rings. The number of carbonyl (C=O) groups excluding carboxylic acids is 1. The van der Waals surface area contributed by atoms with E-state index in [0.29, 0.717) is 23.4 Å². The Labute approximate surface area is 177 Å². The summed E-state index contributed by atoms with van der Waals surface area (Å²) < 4.78 is 6.72. The maximum atomic E-state index is 13.0. The number of aliphatic hydroxyl groups is 1. The molecule has 6 nitrogen and oxygen atoms in total. The normalized spacial score (nSPS) is 19.7. The molecule has 0 amide bonds. The summed E-state index contributed by atoms with van der Waals surface area (Å²) in [5.41, 5.74) is 1.81. The first-order valence-electron chi connectivity index (χ1n) is 8.59. The van der Waals surface area contributed by atoms with E-state index in [1.807, 2.05) is 30.3 Å². The number of para-hydroxylation sites is 1. The second kappa shape index (κ2) is 6.27. The monoisotopic (exact) mass is 372 g/mol. The molecule has 1 atom stereocenters. The predicted molar refractivity (Wildman–Crippen MR) is 102 cm³/mol. The number of benzene rings is 1. The standard InChI is InChI=1S/C20H16N2O4.Na.H/c1-2-20(25)14-8-16-17-12(7-11-5-3-4-6-15(11)21-17)9-22(16)18(23)13(14)10-26-19(20)24;;/h3-8,25H,2,9-10H2,1H3;;/t20-;;/m0../s1. The van der Waals surface area contributed by atoms with E-state index in [1.165, 1.54) is 0 Å². The number of nitrogens with zero attached hydrogens (tertiary/aromatic N) is 2. The van der Waals surface area contributed by atoms with Crippen molar-refractivity contribution in [1.82, 2.24) is 9.55 Å². The molecule has 0 saturated heterocycles. The summed E-state index contributed by atoms with van der Waals surface area (Å²) in [6.07, 6.45) is 0.139. The summed E-state index contributed by atoms with van der Waals surface area (Å²) in [6, 6.07) is 11.6. The molecule has 0 aliphatic carbocycles. The third kappa shape index (κ3) is 2.44. The van der Waals surface area contributed by atoms with Crippen LogP contribution in [0.25, 0.3) is 22.3 Å². The second-order valence-electron chi connectivity index (χ2n) is 6.79. The number of fused-ring (bicyclic) bond motifs is 5. The Morgan fingerprint density at radius 3 is 2.81 bits per heavy atom. The van der Waals surface area contributed by atoms with Crippen LogP contribution in [0.4, 0.5) is 0 Å². The summed E-state index contributed by atoms with van der Waals surface area (Å²) in [5.74, 6) is -0.707. The fraction of sp³-hybridized carbons (Fsp3) is 0.250. The van der Waals surface area contributed by atoms with Crippen LogP contribution in [0.2, 0.25) is 0 Å². The van der Waals surface area contributed by atoms with E-state index < -0.39 is 11.6 Å². The Hall–Kier alpha value is -1.99. The Bertz CT molecular complexity index is 1170. The SMILES string of the molecule is CC[C@@]1(O)C(=O)OCc2c1cc1n(c2=O)Cc2cc3ccccc3nc2-1.[NaH]. The van der Waals surface area contributed by atoms with Crippen LogP contribution < -0.4 is 5.56 Å². The van der Waals surface area contributed by atoms with Crippen LogP contribution in [0.3, 0.4) is 0 Å². The molecule has 1 N–H and O–H groups in total. The molecule has 132 valence electrons. The van der Waals surface area contributed by atoms with Crippen LogP contribution >= 0.6 is 0 Å². The molecule has 0 bridgehead atoms. The zero-order chi connectivity index (χ0) is 18.1. The van der Waals surface area contributed by atoms with Gasteiger partial charge < -0.3 is 14.4 Å². The van der Waals surface area contributed by atoms with Crippen molar-refractivity contribution >= 4 is 46.4 Å². The Morgan fingerprint density at radius 1 is 1.26 bits per heavy atom. The van der Waals surface area contributed by atoms with Gasteiger partial charge in [0.25, 0.3) is 5.56 Å². The molecule has 5 rings (SSSR count). The summed E-state index contributed by atoms with van der Waals surface area (Å²) in [7, 11) is 0. The molecule has 1 aromatic carbocycles. The molecule has 27 heavy (non-hydrogen) atoms. The predicted octanol–water partition coefficient (Wildman–Crippen LogP) is 1.43. The quantitative estimate of drug-likeness (QED) is 0.404. The molecule has 2 aliphatic rings. The number of carbonyl (C=O) groups is 1. The Kier molecular flexibility index (Phi) is 4.27. The van der Waals surface area contributed by atoms with Crippen LogP contribution in [-0.2, 0) is 28.3 Å². The van der Waals surface area contributed by atoms with Crippen molar-refractivity contribution in [2.24, 2.45) is 0 Å². The average molecular weight is 372 g/mol. The topological polar surface area (TPSA) is 81.4 Å². The van der Waals surface area contributed by atoms with Crippen molar-refractivity contribution < 1.29 is 14.6 Å². The van der Waals surface area contributed by atoms with Gasteiger partial charge in [0.1, 0.15) is 6.61 Å². The van der Waals surface area contributed by atoms with Crippen molar-refractivity contribution in [3.05, 3.63) is 63.4 Å². The summed E-state index contributed by atoms with van der Waals surface area (Å²) >= 11 is 0. The van der Waals surface area contributed by atoms with Crippen LogP contribution in [-0.4, -0.2) is 50.2 Å². The van der Waals surface area contributed by atoms with E-state index in [9.17, 15) is 14.7 Å². The molecule has 0 unspecified atom stereocenters. The number of aromatic nitrogens is 2. The van der Waals surface area contributed by atoms with Gasteiger partial charge in [-0.3, -0.25) is 4.79 Å². The van der Waals surface area contributed by atoms with E-state index in [1.54, 1.807) is 17.6 Å². The van der Waals surface area contributed by atoms with Gasteiger partial charge in [-0.1, -0.05) is 25.1 Å². The fourth-order valence-corrected chi connectivity index (χ4v) is 3.93. The number of esters is 1. The molecule has 3 aromatic rings. The maximum absolute atomic E-state index is 13.0. The Balaban J connectivity index is 0.00000180. The molecule has 2 aliphatic heterocycles. The van der Waals surface area contributed by atoms with Crippen molar-refractivity contribution in [2.45, 2.75) is 32.1 Å². The Morgan fingerprint density at radius 2 is 2.04 bits per heavy atom. The first kappa shape index (κ1) is 18.4. The van der Waals surface area contributed by atoms with Gasteiger partial charge in [-0.25, -0.2) is 9.78 Å². The van der Waals surface area contributed by atoms with E-state index in [0.717, 1.165) is 22.2 Å². The van der Waals surface area contributed by atoms with Crippen molar-refractivity contribution in [1.29, 1.82) is 0 Å². The minimum absolute atomic E-state index is 0. The van der Waals surface area contributed by atoms with Crippen molar-refractivity contribution in [3.63, 3.8) is 0 Å². The summed E-state index contributed by atoms with van der Waals surface area (Å²) in [5, 5.41) is 11.8. The first-order chi connectivity index (χ1) is 12.5. The van der Waals surface area contributed by atoms with Gasteiger partial charge in [0.05, 0.1) is 29.0 Å². The van der Waals surface area contributed by atoms with E-state index in [2.05, 4.69) is 0 Å². The van der Waals surface area contributed by atoms with Gasteiger partial charge in [-0.2, -0.15) is 0 Å². The summed E-state index contributed by atoms with van der Waals surface area (Å²) in [6.45, 7) is 2.01. The van der Waals surface area contributed by atoms with Gasteiger partial charge in [0.2, 0.25) is 0 Å². The van der Waals surface area contributed by atoms with Gasteiger partial charge in [-0.05, 0) is 24.6 Å². The van der Waals surface area contributed by atoms with Crippen molar-refractivity contribution in [3.8, 4) is 11.4 Å². The third-order valence-electron chi connectivity index (χ3n) is 5.42. The van der Waals surface area contributed by atoms with Gasteiger partial charge >= 0.3 is 35.5 Å². The molecular formula is C20H17N2NaO4. The van der Waals surface area contributed by atoms with Crippen LogP contribution in [0, 0.1) is 0 Å². The molecule has 0 saturated carbocycles. The number of pyridine rings is 2. The minimum atomic E-state index is -1.79. The number of ether oxygens (including phenoxy) is 1. The number of hydrogen-bond acceptors (Lipinski definition) is 5. The number of cyclic esters (lactones) is 1. The fourth-order valence-electron chi connectivity index (χ4n) is 3.93. The van der Waals surface area contributed by atoms with Gasteiger partial charge in [0.15, 0.2) is 5.60 Å². The second-order valence-corrected chi connectivity index (χ2v) is 6.79. The van der Waals surface area contributed by atoms with Gasteiger partial charge in [-0.15, -0.1) is 0 Å². The zero-order valence-corrected chi connectivity index (χ0v) is 14.2. The van der Waals surface area contributed by atoms with E-state index in [4.69, 9.17) is 9.72 Å². The zero-order valence-electron chi connectivity index (χ0n) is 14.2. The first-order valence-corrected chi connectivity index (χ1v) is 8.59. The number of hydrogen-bond donors (Lipinski definition) is 1. The van der Waals surface area contributed by atoms with E-state index >= 15 is 0 Å². The van der Waals surface area contributed by atoms with Gasteiger partial charge in [0, 0.05) is 16.5 Å². The molecule has 2 aromatic heterocycles. The molecule has 0 spiro atoms. The average Bonchev–Trinajstić information content (AvgIpc) is 3.01. The number of rotatable bonds is 1. The van der Waals surface area contributed by atoms with Crippen LogP contribution in [0.1, 0.15) is 30.0 Å². The third-order valence-corrected chi connectivity index (χ3v) is 5.42.